The van der Waals surface area contributed by atoms with E-state index in [4.69, 9.17) is 10.5 Å². The molecule has 1 aromatic carbocycles. The Balaban J connectivity index is 0.00000261. The summed E-state index contributed by atoms with van der Waals surface area (Å²) in [7, 11) is 0. The number of nitrogens with two attached hydrogens (primary N) is 1. The average molecular weight is 486 g/mol. The minimum absolute atomic E-state index is 0. The number of guanidine groups is 1. The van der Waals surface area contributed by atoms with Crippen molar-refractivity contribution in [3.8, 4) is 5.75 Å². The van der Waals surface area contributed by atoms with Crippen molar-refractivity contribution in [3.63, 3.8) is 0 Å². The first-order valence-corrected chi connectivity index (χ1v) is 10.2. The zero-order valence-corrected chi connectivity index (χ0v) is 18.9. The van der Waals surface area contributed by atoms with Gasteiger partial charge >= 0.3 is 0 Å². The molecule has 2 N–H and O–H groups in total. The molecule has 0 amide bonds. The van der Waals surface area contributed by atoms with E-state index in [1.165, 1.54) is 44.3 Å². The van der Waals surface area contributed by atoms with Crippen LogP contribution in [0, 0.1) is 5.92 Å². The Morgan fingerprint density at radius 1 is 1.15 bits per heavy atom. The molecule has 0 bridgehead atoms. The number of aliphatic imine (C=N–C) groups is 1. The third kappa shape index (κ3) is 7.49. The number of ether oxygens (including phenoxy) is 1. The zero-order valence-electron chi connectivity index (χ0n) is 16.6. The third-order valence-corrected chi connectivity index (χ3v) is 5.45. The van der Waals surface area contributed by atoms with E-state index in [1.807, 2.05) is 0 Å². The average Bonchev–Trinajstić information content (AvgIpc) is 3.16. The van der Waals surface area contributed by atoms with E-state index in [1.54, 1.807) is 0 Å². The van der Waals surface area contributed by atoms with Crippen molar-refractivity contribution >= 4 is 29.9 Å². The Hall–Kier alpha value is -1.02. The van der Waals surface area contributed by atoms with Gasteiger partial charge in [0.15, 0.2) is 5.96 Å². The van der Waals surface area contributed by atoms with Crippen LogP contribution in [0.5, 0.6) is 5.75 Å². The second-order valence-electron chi connectivity index (χ2n) is 7.72. The van der Waals surface area contributed by atoms with E-state index in [0.717, 1.165) is 50.9 Å². The van der Waals surface area contributed by atoms with Gasteiger partial charge in [-0.2, -0.15) is 0 Å². The van der Waals surface area contributed by atoms with Crippen molar-refractivity contribution in [2.75, 3.05) is 45.9 Å². The first-order valence-electron chi connectivity index (χ1n) is 10.2. The topological polar surface area (TPSA) is 54.1 Å². The summed E-state index contributed by atoms with van der Waals surface area (Å²) in [6.45, 7) is 9.37. The summed E-state index contributed by atoms with van der Waals surface area (Å²) in [6, 6.07) is 8.41. The molecule has 0 saturated carbocycles. The summed E-state index contributed by atoms with van der Waals surface area (Å²) >= 11 is 0. The van der Waals surface area contributed by atoms with E-state index < -0.39 is 0 Å². The lowest BCUT2D eigenvalue weighted by Crippen LogP contribution is -2.43. The molecule has 6 heteroatoms. The van der Waals surface area contributed by atoms with Crippen LogP contribution >= 0.6 is 24.0 Å². The molecule has 3 rings (SSSR count). The van der Waals surface area contributed by atoms with Crippen LogP contribution in [0.2, 0.25) is 0 Å². The maximum Gasteiger partial charge on any atom is 0.191 e. The van der Waals surface area contributed by atoms with E-state index >= 15 is 0 Å². The highest BCUT2D eigenvalue weighted by Crippen LogP contribution is 2.16. The summed E-state index contributed by atoms with van der Waals surface area (Å²) in [5.74, 6) is 2.38. The van der Waals surface area contributed by atoms with Gasteiger partial charge in [-0.05, 0) is 68.8 Å². The summed E-state index contributed by atoms with van der Waals surface area (Å²) in [4.78, 5) is 9.28. The fourth-order valence-corrected chi connectivity index (χ4v) is 3.85. The summed E-state index contributed by atoms with van der Waals surface area (Å²) < 4.78 is 5.86. The van der Waals surface area contributed by atoms with Gasteiger partial charge in [-0.1, -0.05) is 19.1 Å². The maximum absolute atomic E-state index is 6.16. The molecule has 152 valence electrons. The highest BCUT2D eigenvalue weighted by Gasteiger charge is 2.17. The van der Waals surface area contributed by atoms with Gasteiger partial charge in [0.05, 0.1) is 0 Å². The number of piperidine rings is 1. The van der Waals surface area contributed by atoms with E-state index in [-0.39, 0.29) is 24.0 Å². The van der Waals surface area contributed by atoms with Crippen molar-refractivity contribution in [1.82, 2.24) is 9.80 Å². The Bertz CT molecular complexity index is 572. The molecule has 2 aliphatic heterocycles. The lowest BCUT2D eigenvalue weighted by molar-refractivity contribution is 0.238. The largest absolute Gasteiger partial charge is 0.492 e. The molecule has 27 heavy (non-hydrogen) atoms. The number of hydrogen-bond acceptors (Lipinski definition) is 3. The minimum atomic E-state index is 0. The van der Waals surface area contributed by atoms with Crippen molar-refractivity contribution < 1.29 is 4.74 Å². The molecule has 2 heterocycles. The number of hydrogen-bond donors (Lipinski definition) is 1. The predicted octanol–water partition coefficient (Wildman–Crippen LogP) is 3.37. The van der Waals surface area contributed by atoms with Gasteiger partial charge < -0.3 is 15.4 Å². The monoisotopic (exact) mass is 486 g/mol. The Labute approximate surface area is 181 Å². The second-order valence-corrected chi connectivity index (χ2v) is 7.72. The van der Waals surface area contributed by atoms with E-state index in [9.17, 15) is 0 Å². The molecular weight excluding hydrogens is 451 g/mol. The molecule has 2 fully saturated rings. The van der Waals surface area contributed by atoms with Crippen molar-refractivity contribution in [1.29, 1.82) is 0 Å². The number of rotatable bonds is 7. The van der Waals surface area contributed by atoms with Crippen LogP contribution in [0.15, 0.2) is 29.3 Å². The van der Waals surface area contributed by atoms with Gasteiger partial charge in [0.2, 0.25) is 0 Å². The SMILES string of the molecule is CC1CCCN(C(N)=NCCc2ccc(OCCN3CCCC3)cc2)C1.I. The number of benzene rings is 1. The first-order chi connectivity index (χ1) is 12.7. The molecule has 5 nitrogen and oxygen atoms in total. The van der Waals surface area contributed by atoms with Gasteiger partial charge in [0.25, 0.3) is 0 Å². The predicted molar refractivity (Wildman–Crippen MR) is 123 cm³/mol. The normalized spacial score (nSPS) is 21.1. The fraction of sp³-hybridized carbons (Fsp3) is 0.667. The molecule has 2 aliphatic rings. The Morgan fingerprint density at radius 3 is 2.59 bits per heavy atom. The van der Waals surface area contributed by atoms with Crippen LogP contribution in [0.25, 0.3) is 0 Å². The van der Waals surface area contributed by atoms with Gasteiger partial charge in [0, 0.05) is 26.2 Å². The highest BCUT2D eigenvalue weighted by atomic mass is 127. The quantitative estimate of drug-likeness (QED) is 0.365. The number of likely N-dealkylation sites (tertiary alicyclic amines) is 2. The lowest BCUT2D eigenvalue weighted by Gasteiger charge is -2.31. The molecule has 0 aliphatic carbocycles. The zero-order chi connectivity index (χ0) is 18.2. The standard InChI is InChI=1S/C21H34N4O.HI/c1-18-5-4-14-25(17-18)21(22)23-11-10-19-6-8-20(9-7-19)26-16-15-24-12-2-3-13-24;/h6-9,18H,2-5,10-17H2,1H3,(H2,22,23);1H. The van der Waals surface area contributed by atoms with Gasteiger partial charge in [-0.15, -0.1) is 24.0 Å². The Kier molecular flexibility index (Phi) is 9.68. The molecule has 1 aromatic rings. The lowest BCUT2D eigenvalue weighted by atomic mass is 10.0. The highest BCUT2D eigenvalue weighted by molar-refractivity contribution is 14.0. The van der Waals surface area contributed by atoms with Gasteiger partial charge in [0.1, 0.15) is 12.4 Å². The number of nitrogens with zero attached hydrogens (tertiary/aromatic N) is 3. The molecule has 2 saturated heterocycles. The fourth-order valence-electron chi connectivity index (χ4n) is 3.85. The summed E-state index contributed by atoms with van der Waals surface area (Å²) in [6.07, 6.45) is 6.10. The van der Waals surface area contributed by atoms with E-state index in [0.29, 0.717) is 5.96 Å². The van der Waals surface area contributed by atoms with Crippen LogP contribution in [-0.2, 0) is 6.42 Å². The molecule has 0 spiro atoms. The first kappa shape index (κ1) is 22.3. The minimum Gasteiger partial charge on any atom is -0.492 e. The summed E-state index contributed by atoms with van der Waals surface area (Å²) in [5.41, 5.74) is 7.44. The van der Waals surface area contributed by atoms with Crippen LogP contribution in [0.3, 0.4) is 0 Å². The third-order valence-electron chi connectivity index (χ3n) is 5.45. The van der Waals surface area contributed by atoms with Gasteiger partial charge in [-0.25, -0.2) is 0 Å². The molecule has 1 atom stereocenters. The van der Waals surface area contributed by atoms with Crippen molar-refractivity contribution in [2.45, 2.75) is 39.0 Å². The summed E-state index contributed by atoms with van der Waals surface area (Å²) in [5, 5.41) is 0. The van der Waals surface area contributed by atoms with Crippen LogP contribution in [-0.4, -0.2) is 61.6 Å². The molecule has 0 radical (unpaired) electrons. The van der Waals surface area contributed by atoms with Crippen LogP contribution < -0.4 is 10.5 Å². The maximum atomic E-state index is 6.16. The van der Waals surface area contributed by atoms with Crippen LogP contribution in [0.1, 0.15) is 38.2 Å². The smallest absolute Gasteiger partial charge is 0.191 e. The Morgan fingerprint density at radius 2 is 1.89 bits per heavy atom. The molecule has 1 unspecified atom stereocenters. The van der Waals surface area contributed by atoms with Crippen molar-refractivity contribution in [2.24, 2.45) is 16.6 Å². The molecular formula is C21H35IN4O. The van der Waals surface area contributed by atoms with Crippen molar-refractivity contribution in [3.05, 3.63) is 29.8 Å². The van der Waals surface area contributed by atoms with E-state index in [2.05, 4.69) is 46.0 Å². The number of halogens is 1. The van der Waals surface area contributed by atoms with Crippen LogP contribution in [0.4, 0.5) is 0 Å². The molecule has 0 aromatic heterocycles. The second kappa shape index (κ2) is 11.7. The van der Waals surface area contributed by atoms with Gasteiger partial charge in [-0.3, -0.25) is 9.89 Å².